The zero-order chi connectivity index (χ0) is 29.9. The maximum absolute atomic E-state index is 13.5. The third-order valence-corrected chi connectivity index (χ3v) is 5.80. The first-order chi connectivity index (χ1) is 18.7. The van der Waals surface area contributed by atoms with Gasteiger partial charge in [-0.05, 0) is 44.9 Å². The summed E-state index contributed by atoms with van der Waals surface area (Å²) >= 11 is 0. The van der Waals surface area contributed by atoms with E-state index < -0.39 is 43.1 Å². The number of carbonyl (C=O) groups excluding carboxylic acids is 2. The summed E-state index contributed by atoms with van der Waals surface area (Å²) in [6.07, 6.45) is -0.576. The third-order valence-electron chi connectivity index (χ3n) is 5.80. The van der Waals surface area contributed by atoms with Gasteiger partial charge in [-0.3, -0.25) is 11.1 Å². The molecule has 41 heavy (non-hydrogen) atoms. The third kappa shape index (κ3) is 12.6. The molecule has 3 rings (SSSR count). The molecule has 2 amide bonds. The number of hydrogen-bond acceptors (Lipinski definition) is 8. The molecule has 230 valence electrons. The van der Waals surface area contributed by atoms with Crippen molar-refractivity contribution in [3.63, 3.8) is 0 Å². The summed E-state index contributed by atoms with van der Waals surface area (Å²) in [4.78, 5) is 30.9. The van der Waals surface area contributed by atoms with Crippen LogP contribution in [0, 0.1) is 12.2 Å². The SMILES string of the molecule is CC(C)O[C-]=CON.O=[C-]NC(c1cn2ncc([C@@H](O)NC(=O)CCC(F)(F)F)cc2n1)C1CCC(F)(F)CC1.[Fe+2]. The molecule has 0 radical (unpaired) electrons. The Morgan fingerprint density at radius 3 is 2.56 bits per heavy atom. The zero-order valence-electron chi connectivity index (χ0n) is 22.1. The minimum Gasteiger partial charge on any atom is -0.688 e. The molecular weight excluding hydrogens is 603 g/mol. The predicted molar refractivity (Wildman–Crippen MR) is 129 cm³/mol. The topological polar surface area (TPSA) is 153 Å². The van der Waals surface area contributed by atoms with Gasteiger partial charge < -0.3 is 30.1 Å². The van der Waals surface area contributed by atoms with Crippen molar-refractivity contribution in [3.8, 4) is 0 Å². The van der Waals surface area contributed by atoms with Crippen molar-refractivity contribution in [1.29, 1.82) is 0 Å². The number of halogens is 5. The molecule has 17 heteroatoms. The second kappa shape index (κ2) is 16.4. The van der Waals surface area contributed by atoms with Crippen LogP contribution in [-0.2, 0) is 36.2 Å². The van der Waals surface area contributed by atoms with E-state index in [0.29, 0.717) is 5.69 Å². The summed E-state index contributed by atoms with van der Waals surface area (Å²) in [5.74, 6) is 0.616. The van der Waals surface area contributed by atoms with Crippen molar-refractivity contribution in [2.24, 2.45) is 11.8 Å². The molecule has 0 spiro atoms. The van der Waals surface area contributed by atoms with Crippen LogP contribution in [0.3, 0.4) is 0 Å². The van der Waals surface area contributed by atoms with Gasteiger partial charge in [-0.1, -0.05) is 0 Å². The molecule has 1 saturated carbocycles. The first-order valence-corrected chi connectivity index (χ1v) is 12.2. The zero-order valence-corrected chi connectivity index (χ0v) is 23.2. The fourth-order valence-electron chi connectivity index (χ4n) is 3.86. The van der Waals surface area contributed by atoms with Gasteiger partial charge in [0.25, 0.3) is 0 Å². The summed E-state index contributed by atoms with van der Waals surface area (Å²) in [5, 5.41) is 18.7. The largest absolute Gasteiger partial charge is 2.00 e. The Hall–Kier alpha value is -3.01. The smallest absolute Gasteiger partial charge is 0.688 e. The molecule has 2 aromatic heterocycles. The molecule has 0 aliphatic heterocycles. The van der Waals surface area contributed by atoms with Gasteiger partial charge in [-0.25, -0.2) is 18.3 Å². The van der Waals surface area contributed by atoms with Crippen molar-refractivity contribution < 1.29 is 63.3 Å². The van der Waals surface area contributed by atoms with Crippen molar-refractivity contribution in [2.75, 3.05) is 0 Å². The van der Waals surface area contributed by atoms with Gasteiger partial charge in [-0.15, -0.1) is 0 Å². The van der Waals surface area contributed by atoms with E-state index in [4.69, 9.17) is 4.74 Å². The minimum absolute atomic E-state index is 0. The van der Waals surface area contributed by atoms with Gasteiger partial charge in [0.05, 0.1) is 30.6 Å². The summed E-state index contributed by atoms with van der Waals surface area (Å²) in [6, 6.07) is 0.697. The Balaban J connectivity index is 0.000000818. The standard InChI is InChI=1S/C19H21F5N5O3.C5H10NO2.Fe/c20-18(21)4-1-11(2-5-18)16(25-10-30)13-9-29-14(27-13)7-12(8-26-29)17(32)28-15(31)3-6-19(22,23)24;1-5(2)7-3-4-8-6;/h7-9,11,16-17,32H,1-6H2,(H,25,30)(H,28,31);4-5H,6H2,1-2H3;/q2*-1;+2/t16?,17-;;/m1../s1. The van der Waals surface area contributed by atoms with Crippen LogP contribution in [0.5, 0.6) is 0 Å². The quantitative estimate of drug-likeness (QED) is 0.0559. The molecule has 0 aromatic carbocycles. The van der Waals surface area contributed by atoms with Gasteiger partial charge in [0.2, 0.25) is 11.8 Å². The number of aliphatic hydroxyl groups excluding tert-OH is 1. The molecule has 2 atom stereocenters. The minimum atomic E-state index is -4.49. The van der Waals surface area contributed by atoms with Crippen LogP contribution in [0.2, 0.25) is 0 Å². The van der Waals surface area contributed by atoms with Crippen LogP contribution < -0.4 is 16.5 Å². The molecule has 1 aliphatic carbocycles. The fraction of sp³-hybridized carbons (Fsp3) is 0.583. The molecule has 2 heterocycles. The van der Waals surface area contributed by atoms with Gasteiger partial charge in [0, 0.05) is 30.9 Å². The summed E-state index contributed by atoms with van der Waals surface area (Å²) < 4.78 is 69.7. The monoisotopic (exact) mass is 634 g/mol. The number of aromatic nitrogens is 3. The van der Waals surface area contributed by atoms with Crippen molar-refractivity contribution >= 4 is 18.0 Å². The molecule has 0 saturated heterocycles. The Morgan fingerprint density at radius 1 is 1.34 bits per heavy atom. The number of nitrogens with two attached hydrogens (primary N) is 1. The predicted octanol–water partition coefficient (Wildman–Crippen LogP) is 3.28. The van der Waals surface area contributed by atoms with Crippen LogP contribution >= 0.6 is 0 Å². The van der Waals surface area contributed by atoms with Crippen molar-refractivity contribution in [1.82, 2.24) is 25.2 Å². The molecule has 0 bridgehead atoms. The Labute approximate surface area is 243 Å². The maximum Gasteiger partial charge on any atom is 2.00 e. The van der Waals surface area contributed by atoms with Crippen molar-refractivity contribution in [2.45, 2.75) is 82.8 Å². The molecule has 5 N–H and O–H groups in total. The van der Waals surface area contributed by atoms with Crippen LogP contribution in [-0.4, -0.2) is 50.2 Å². The average molecular weight is 634 g/mol. The summed E-state index contributed by atoms with van der Waals surface area (Å²) in [5.41, 5.74) is 0.663. The van der Waals surface area contributed by atoms with E-state index in [2.05, 4.69) is 32.4 Å². The van der Waals surface area contributed by atoms with Crippen LogP contribution in [0.25, 0.3) is 5.65 Å². The Kier molecular flexibility index (Phi) is 14.4. The second-order valence-electron chi connectivity index (χ2n) is 9.30. The van der Waals surface area contributed by atoms with E-state index in [1.807, 2.05) is 19.2 Å². The number of carbonyl (C=O) groups is 1. The molecule has 2 aromatic rings. The van der Waals surface area contributed by atoms with E-state index in [9.17, 15) is 36.6 Å². The van der Waals surface area contributed by atoms with Crippen LogP contribution in [0.15, 0.2) is 24.7 Å². The number of alkyl halides is 5. The molecule has 1 fully saturated rings. The Bertz CT molecular complexity index is 1120. The number of ether oxygens (including phenoxy) is 1. The van der Waals surface area contributed by atoms with Gasteiger partial charge in [0.1, 0.15) is 0 Å². The van der Waals surface area contributed by atoms with E-state index in [-0.39, 0.29) is 66.0 Å². The van der Waals surface area contributed by atoms with Gasteiger partial charge in [0.15, 0.2) is 11.9 Å². The number of nitrogens with zero attached hydrogens (tertiary/aromatic N) is 3. The van der Waals surface area contributed by atoms with Crippen LogP contribution in [0.1, 0.15) is 75.9 Å². The molecule has 1 aliphatic rings. The number of aliphatic hydroxyl groups is 1. The second-order valence-corrected chi connectivity index (χ2v) is 9.30. The Morgan fingerprint density at radius 2 is 2.00 bits per heavy atom. The van der Waals surface area contributed by atoms with Gasteiger partial charge >= 0.3 is 23.2 Å². The maximum atomic E-state index is 13.5. The average Bonchev–Trinajstić information content (AvgIpc) is 3.29. The molecule has 1 unspecified atom stereocenters. The number of hydrogen-bond donors (Lipinski definition) is 4. The van der Waals surface area contributed by atoms with E-state index >= 15 is 0 Å². The summed E-state index contributed by atoms with van der Waals surface area (Å²) in [6.45, 7) is 3.77. The van der Waals surface area contributed by atoms with Crippen LogP contribution in [0.4, 0.5) is 22.0 Å². The fourth-order valence-corrected chi connectivity index (χ4v) is 3.86. The number of nitrogens with one attached hydrogen (secondary N) is 2. The van der Waals surface area contributed by atoms with E-state index in [1.54, 1.807) is 6.41 Å². The number of imidazole rings is 1. The summed E-state index contributed by atoms with van der Waals surface area (Å²) in [7, 11) is 0. The van der Waals surface area contributed by atoms with Gasteiger partial charge in [-0.2, -0.15) is 30.6 Å². The van der Waals surface area contributed by atoms with E-state index in [0.717, 1.165) is 6.26 Å². The number of fused-ring (bicyclic) bond motifs is 1. The number of rotatable bonds is 11. The van der Waals surface area contributed by atoms with Crippen molar-refractivity contribution in [3.05, 3.63) is 42.2 Å². The number of amides is 2. The first-order valence-electron chi connectivity index (χ1n) is 12.2. The normalized spacial score (nSPS) is 16.7. The first kappa shape index (κ1) is 36.0. The molecule has 11 nitrogen and oxygen atoms in total. The molecular formula is C24H31F5FeN6O5. The van der Waals surface area contributed by atoms with E-state index in [1.165, 1.54) is 23.0 Å².